The molecule has 0 aliphatic carbocycles. The number of allylic oxidation sites excluding steroid dienone is 2. The van der Waals surface area contributed by atoms with Gasteiger partial charge >= 0.3 is 0 Å². The van der Waals surface area contributed by atoms with Gasteiger partial charge in [0.2, 0.25) is 0 Å². The average molecular weight is 237 g/mol. The van der Waals surface area contributed by atoms with Gasteiger partial charge in [0.05, 0.1) is 0 Å². The standard InChI is InChI=1S/C16H31N/c1-5-8-15(6-2)9-10-16(7-3)11-13-17(4)14-12-16/h8H,5-7,9-14H2,1-4H3/b15-8-. The Labute approximate surface area is 108 Å². The molecule has 1 heterocycles. The van der Waals surface area contributed by atoms with E-state index in [2.05, 4.69) is 38.8 Å². The molecule has 0 spiro atoms. The van der Waals surface area contributed by atoms with Gasteiger partial charge in [-0.05, 0) is 64.1 Å². The van der Waals surface area contributed by atoms with Gasteiger partial charge in [-0.3, -0.25) is 0 Å². The van der Waals surface area contributed by atoms with E-state index in [1.54, 1.807) is 5.57 Å². The first-order valence-electron chi connectivity index (χ1n) is 7.52. The van der Waals surface area contributed by atoms with E-state index in [9.17, 15) is 0 Å². The molecule has 0 aromatic carbocycles. The van der Waals surface area contributed by atoms with Crippen LogP contribution in [0.4, 0.5) is 0 Å². The highest BCUT2D eigenvalue weighted by molar-refractivity contribution is 5.02. The molecule has 0 radical (unpaired) electrons. The van der Waals surface area contributed by atoms with Gasteiger partial charge < -0.3 is 4.90 Å². The largest absolute Gasteiger partial charge is 0.306 e. The predicted molar refractivity (Wildman–Crippen MR) is 77.4 cm³/mol. The topological polar surface area (TPSA) is 3.24 Å². The van der Waals surface area contributed by atoms with Crippen molar-refractivity contribution in [3.05, 3.63) is 11.6 Å². The van der Waals surface area contributed by atoms with Crippen LogP contribution in [-0.2, 0) is 0 Å². The number of piperidine rings is 1. The summed E-state index contributed by atoms with van der Waals surface area (Å²) in [6, 6.07) is 0. The summed E-state index contributed by atoms with van der Waals surface area (Å²) in [4.78, 5) is 2.48. The molecule has 17 heavy (non-hydrogen) atoms. The Hall–Kier alpha value is -0.300. The van der Waals surface area contributed by atoms with Gasteiger partial charge in [-0.2, -0.15) is 0 Å². The Morgan fingerprint density at radius 2 is 1.82 bits per heavy atom. The lowest BCUT2D eigenvalue weighted by molar-refractivity contribution is 0.108. The van der Waals surface area contributed by atoms with Gasteiger partial charge in [-0.15, -0.1) is 0 Å². The highest BCUT2D eigenvalue weighted by atomic mass is 15.1. The van der Waals surface area contributed by atoms with Crippen molar-refractivity contribution in [2.24, 2.45) is 5.41 Å². The zero-order valence-electron chi connectivity index (χ0n) is 12.4. The third kappa shape index (κ3) is 4.46. The van der Waals surface area contributed by atoms with Gasteiger partial charge in [0.15, 0.2) is 0 Å². The minimum atomic E-state index is 0.647. The van der Waals surface area contributed by atoms with E-state index >= 15 is 0 Å². The maximum absolute atomic E-state index is 2.48. The summed E-state index contributed by atoms with van der Waals surface area (Å²) >= 11 is 0. The number of hydrogen-bond acceptors (Lipinski definition) is 1. The minimum absolute atomic E-state index is 0.647. The Balaban J connectivity index is 2.49. The van der Waals surface area contributed by atoms with Gasteiger partial charge in [-0.25, -0.2) is 0 Å². The monoisotopic (exact) mass is 237 g/mol. The molecule has 0 bridgehead atoms. The molecular formula is C16H31N. The summed E-state index contributed by atoms with van der Waals surface area (Å²) in [6.45, 7) is 9.54. The second-order valence-corrected chi connectivity index (χ2v) is 5.78. The summed E-state index contributed by atoms with van der Waals surface area (Å²) < 4.78 is 0. The summed E-state index contributed by atoms with van der Waals surface area (Å²) in [5.74, 6) is 0. The van der Waals surface area contributed by atoms with Crippen LogP contribution < -0.4 is 0 Å². The van der Waals surface area contributed by atoms with Crippen molar-refractivity contribution in [2.45, 2.75) is 65.7 Å². The molecule has 100 valence electrons. The molecular weight excluding hydrogens is 206 g/mol. The average Bonchev–Trinajstić information content (AvgIpc) is 2.37. The molecule has 1 aliphatic heterocycles. The van der Waals surface area contributed by atoms with Crippen LogP contribution in [0.5, 0.6) is 0 Å². The zero-order valence-corrected chi connectivity index (χ0v) is 12.4. The van der Waals surface area contributed by atoms with E-state index in [4.69, 9.17) is 0 Å². The molecule has 0 amide bonds. The van der Waals surface area contributed by atoms with Crippen molar-refractivity contribution < 1.29 is 0 Å². The van der Waals surface area contributed by atoms with Crippen LogP contribution >= 0.6 is 0 Å². The first-order valence-corrected chi connectivity index (χ1v) is 7.52. The number of likely N-dealkylation sites (tertiary alicyclic amines) is 1. The van der Waals surface area contributed by atoms with Crippen molar-refractivity contribution >= 4 is 0 Å². The molecule has 1 rings (SSSR count). The molecule has 1 aliphatic rings. The summed E-state index contributed by atoms with van der Waals surface area (Å²) in [6.07, 6.45) is 11.8. The van der Waals surface area contributed by atoms with Gasteiger partial charge in [0, 0.05) is 0 Å². The van der Waals surface area contributed by atoms with Crippen molar-refractivity contribution in [1.29, 1.82) is 0 Å². The zero-order chi connectivity index (χ0) is 12.7. The van der Waals surface area contributed by atoms with Crippen LogP contribution in [0.15, 0.2) is 11.6 Å². The molecule has 1 heteroatoms. The van der Waals surface area contributed by atoms with E-state index in [0.29, 0.717) is 5.41 Å². The second-order valence-electron chi connectivity index (χ2n) is 5.78. The lowest BCUT2D eigenvalue weighted by Gasteiger charge is -2.40. The third-order valence-electron chi connectivity index (χ3n) is 4.72. The molecule has 1 fully saturated rings. The summed E-state index contributed by atoms with van der Waals surface area (Å²) in [7, 11) is 2.26. The van der Waals surface area contributed by atoms with Gasteiger partial charge in [-0.1, -0.05) is 38.8 Å². The Kier molecular flexibility index (Phi) is 6.26. The SMILES string of the molecule is CC/C=C(/CC)CCC1(CC)CCN(C)CC1. The third-order valence-corrected chi connectivity index (χ3v) is 4.72. The van der Waals surface area contributed by atoms with E-state index in [1.165, 1.54) is 58.0 Å². The fourth-order valence-electron chi connectivity index (χ4n) is 3.01. The summed E-state index contributed by atoms with van der Waals surface area (Å²) in [5.41, 5.74) is 2.33. The molecule has 0 N–H and O–H groups in total. The Bertz CT molecular complexity index is 234. The second kappa shape index (κ2) is 7.20. The smallest absolute Gasteiger partial charge is 0.00165 e. The van der Waals surface area contributed by atoms with Crippen molar-refractivity contribution in [1.82, 2.24) is 4.90 Å². The summed E-state index contributed by atoms with van der Waals surface area (Å²) in [5, 5.41) is 0. The molecule has 0 atom stereocenters. The molecule has 0 saturated carbocycles. The maximum Gasteiger partial charge on any atom is -0.00165 e. The number of hydrogen-bond donors (Lipinski definition) is 0. The Morgan fingerprint density at radius 3 is 2.29 bits per heavy atom. The lowest BCUT2D eigenvalue weighted by Crippen LogP contribution is -2.37. The van der Waals surface area contributed by atoms with Crippen LogP contribution in [-0.4, -0.2) is 25.0 Å². The van der Waals surface area contributed by atoms with E-state index < -0.39 is 0 Å². The van der Waals surface area contributed by atoms with E-state index in [1.807, 2.05) is 0 Å². The Morgan fingerprint density at radius 1 is 1.18 bits per heavy atom. The maximum atomic E-state index is 2.48. The van der Waals surface area contributed by atoms with E-state index in [-0.39, 0.29) is 0 Å². The van der Waals surface area contributed by atoms with Crippen molar-refractivity contribution in [3.63, 3.8) is 0 Å². The van der Waals surface area contributed by atoms with E-state index in [0.717, 1.165) is 0 Å². The van der Waals surface area contributed by atoms with Crippen LogP contribution in [0.2, 0.25) is 0 Å². The molecule has 0 aromatic rings. The molecule has 0 aromatic heterocycles. The van der Waals surface area contributed by atoms with Gasteiger partial charge in [0.1, 0.15) is 0 Å². The quantitative estimate of drug-likeness (QED) is 0.609. The first-order chi connectivity index (χ1) is 8.15. The highest BCUT2D eigenvalue weighted by Gasteiger charge is 2.31. The normalized spacial score (nSPS) is 21.8. The molecule has 0 unspecified atom stereocenters. The minimum Gasteiger partial charge on any atom is -0.306 e. The lowest BCUT2D eigenvalue weighted by atomic mass is 9.72. The number of rotatable bonds is 6. The predicted octanol–water partition coefficient (Wildman–Crippen LogP) is 4.64. The molecule has 1 saturated heterocycles. The highest BCUT2D eigenvalue weighted by Crippen LogP contribution is 2.40. The van der Waals surface area contributed by atoms with Crippen molar-refractivity contribution in [3.8, 4) is 0 Å². The number of nitrogens with zero attached hydrogens (tertiary/aromatic N) is 1. The van der Waals surface area contributed by atoms with Crippen LogP contribution in [0.1, 0.15) is 65.7 Å². The van der Waals surface area contributed by atoms with Crippen molar-refractivity contribution in [2.75, 3.05) is 20.1 Å². The fourth-order valence-corrected chi connectivity index (χ4v) is 3.01. The molecule has 1 nitrogen and oxygen atoms in total. The van der Waals surface area contributed by atoms with Crippen LogP contribution in [0.25, 0.3) is 0 Å². The van der Waals surface area contributed by atoms with Crippen LogP contribution in [0, 0.1) is 5.41 Å². The fraction of sp³-hybridized carbons (Fsp3) is 0.875. The van der Waals surface area contributed by atoms with Gasteiger partial charge in [0.25, 0.3) is 0 Å². The first kappa shape index (κ1) is 14.8. The van der Waals surface area contributed by atoms with Crippen LogP contribution in [0.3, 0.4) is 0 Å².